The molecule has 0 aliphatic carbocycles. The first-order chi connectivity index (χ1) is 18.9. The summed E-state index contributed by atoms with van der Waals surface area (Å²) in [5.74, 6) is 0.811. The molecule has 0 aliphatic heterocycles. The molecule has 0 bridgehead atoms. The summed E-state index contributed by atoms with van der Waals surface area (Å²) in [6.45, 7) is 2.51. The average molecular weight is 524 g/mol. The van der Waals surface area contributed by atoms with Crippen LogP contribution in [0, 0.1) is 12.3 Å². The Kier molecular flexibility index (Phi) is 7.14. The Balaban J connectivity index is 1.53. The highest BCUT2D eigenvalue weighted by molar-refractivity contribution is 5.96. The number of pyridine rings is 2. The van der Waals surface area contributed by atoms with E-state index in [1.165, 1.54) is 10.5 Å². The van der Waals surface area contributed by atoms with Gasteiger partial charge in [0.2, 0.25) is 0 Å². The number of aryl methyl sites for hydroxylation is 1. The van der Waals surface area contributed by atoms with E-state index in [4.69, 9.17) is 19.9 Å². The van der Waals surface area contributed by atoms with E-state index < -0.39 is 5.91 Å². The number of benzene rings is 2. The van der Waals surface area contributed by atoms with E-state index in [9.17, 15) is 9.59 Å². The lowest BCUT2D eigenvalue weighted by Gasteiger charge is -2.15. The zero-order valence-electron chi connectivity index (χ0n) is 22.0. The van der Waals surface area contributed by atoms with Crippen molar-refractivity contribution in [1.29, 1.82) is 5.41 Å². The third-order valence-electron chi connectivity index (χ3n) is 6.71. The lowest BCUT2D eigenvalue weighted by atomic mass is 10.1. The van der Waals surface area contributed by atoms with Crippen molar-refractivity contribution in [1.82, 2.24) is 19.3 Å². The minimum Gasteiger partial charge on any atom is -0.493 e. The number of hydrogen-bond acceptors (Lipinski definition) is 6. The number of carbonyl (C=O) groups is 1. The van der Waals surface area contributed by atoms with Gasteiger partial charge in [0, 0.05) is 12.7 Å². The van der Waals surface area contributed by atoms with Gasteiger partial charge in [0.15, 0.2) is 11.5 Å². The maximum atomic E-state index is 13.5. The summed E-state index contributed by atoms with van der Waals surface area (Å²) in [6, 6.07) is 20.4. The van der Waals surface area contributed by atoms with Crippen LogP contribution in [-0.2, 0) is 13.0 Å². The molecule has 5 aromatic rings. The molecule has 0 saturated carbocycles. The van der Waals surface area contributed by atoms with E-state index in [-0.39, 0.29) is 28.5 Å². The van der Waals surface area contributed by atoms with Gasteiger partial charge in [0.1, 0.15) is 16.8 Å². The average Bonchev–Trinajstić information content (AvgIpc) is 2.95. The first kappa shape index (κ1) is 25.7. The van der Waals surface area contributed by atoms with Crippen LogP contribution >= 0.6 is 0 Å². The number of aromatic nitrogens is 3. The topological polar surface area (TPSA) is 111 Å². The second kappa shape index (κ2) is 10.8. The highest BCUT2D eigenvalue weighted by atomic mass is 16.5. The summed E-state index contributed by atoms with van der Waals surface area (Å²) in [7, 11) is 3.15. The van der Waals surface area contributed by atoms with Crippen LogP contribution in [0.4, 0.5) is 0 Å². The van der Waals surface area contributed by atoms with Crippen LogP contribution in [0.3, 0.4) is 0 Å². The lowest BCUT2D eigenvalue weighted by molar-refractivity contribution is 0.0951. The highest BCUT2D eigenvalue weighted by Crippen LogP contribution is 2.27. The van der Waals surface area contributed by atoms with Crippen LogP contribution in [-0.4, -0.2) is 40.6 Å². The SMILES string of the molecule is COc1ccc(CCNC(=O)c2cc3c(=O)n4cccc(C)c4nc3n(Cc3ccccc3)c2=N)cc1OC. The van der Waals surface area contributed by atoms with Crippen LogP contribution in [0.15, 0.2) is 77.7 Å². The van der Waals surface area contributed by atoms with Crippen molar-refractivity contribution in [3.63, 3.8) is 0 Å². The Morgan fingerprint density at radius 3 is 2.46 bits per heavy atom. The Morgan fingerprint density at radius 1 is 0.949 bits per heavy atom. The van der Waals surface area contributed by atoms with Crippen LogP contribution in [0.5, 0.6) is 11.5 Å². The van der Waals surface area contributed by atoms with Gasteiger partial charge in [-0.25, -0.2) is 4.98 Å². The fraction of sp³-hybridized carbons (Fsp3) is 0.200. The summed E-state index contributed by atoms with van der Waals surface area (Å²) in [4.78, 5) is 31.7. The van der Waals surface area contributed by atoms with E-state index in [2.05, 4.69) is 5.32 Å². The standard InChI is InChI=1S/C30H29N5O4/c1-19-8-7-15-34-27(19)33-28-23(30(34)37)17-22(26(31)35(28)18-21-9-5-4-6-10-21)29(36)32-14-13-20-11-12-24(38-2)25(16-20)39-3/h4-12,15-17,31H,13-14,18H2,1-3H3,(H,32,36). The second-order valence-electron chi connectivity index (χ2n) is 9.21. The smallest absolute Gasteiger partial charge is 0.267 e. The van der Waals surface area contributed by atoms with Crippen LogP contribution < -0.4 is 25.8 Å². The van der Waals surface area contributed by atoms with Crippen molar-refractivity contribution in [2.45, 2.75) is 19.9 Å². The summed E-state index contributed by atoms with van der Waals surface area (Å²) in [5, 5.41) is 12.1. The molecular weight excluding hydrogens is 494 g/mol. The molecule has 2 N–H and O–H groups in total. The number of fused-ring (bicyclic) bond motifs is 2. The molecule has 1 amide bonds. The Morgan fingerprint density at radius 2 is 1.72 bits per heavy atom. The molecule has 0 aliphatic rings. The molecular formula is C30H29N5O4. The van der Waals surface area contributed by atoms with Crippen molar-refractivity contribution >= 4 is 22.6 Å². The first-order valence-corrected chi connectivity index (χ1v) is 12.5. The Bertz CT molecular complexity index is 1810. The second-order valence-corrected chi connectivity index (χ2v) is 9.21. The fourth-order valence-corrected chi connectivity index (χ4v) is 4.64. The van der Waals surface area contributed by atoms with Gasteiger partial charge in [0.25, 0.3) is 11.5 Å². The van der Waals surface area contributed by atoms with Gasteiger partial charge in [-0.15, -0.1) is 0 Å². The molecule has 0 spiro atoms. The van der Waals surface area contributed by atoms with Gasteiger partial charge >= 0.3 is 0 Å². The van der Waals surface area contributed by atoms with Gasteiger partial charge in [-0.2, -0.15) is 0 Å². The van der Waals surface area contributed by atoms with Crippen LogP contribution in [0.25, 0.3) is 16.7 Å². The highest BCUT2D eigenvalue weighted by Gasteiger charge is 2.18. The van der Waals surface area contributed by atoms with Gasteiger partial charge < -0.3 is 19.4 Å². The largest absolute Gasteiger partial charge is 0.493 e. The van der Waals surface area contributed by atoms with Crippen LogP contribution in [0.1, 0.15) is 27.0 Å². The van der Waals surface area contributed by atoms with E-state index >= 15 is 0 Å². The van der Waals surface area contributed by atoms with Gasteiger partial charge in [-0.1, -0.05) is 42.5 Å². The normalized spacial score (nSPS) is 11.1. The summed E-state index contributed by atoms with van der Waals surface area (Å²) in [6.07, 6.45) is 2.21. The zero-order chi connectivity index (χ0) is 27.5. The molecule has 3 heterocycles. The van der Waals surface area contributed by atoms with Crippen molar-refractivity contribution in [2.75, 3.05) is 20.8 Å². The quantitative estimate of drug-likeness (QED) is 0.303. The van der Waals surface area contributed by atoms with Crippen molar-refractivity contribution < 1.29 is 14.3 Å². The molecule has 3 aromatic heterocycles. The van der Waals surface area contributed by atoms with Crippen LogP contribution in [0.2, 0.25) is 0 Å². The summed E-state index contributed by atoms with van der Waals surface area (Å²) < 4.78 is 13.8. The molecule has 9 heteroatoms. The van der Waals surface area contributed by atoms with Gasteiger partial charge in [-0.05, 0) is 54.3 Å². The molecule has 0 atom stereocenters. The molecule has 2 aromatic carbocycles. The number of carbonyl (C=O) groups excluding carboxylic acids is 1. The maximum absolute atomic E-state index is 13.5. The number of hydrogen-bond donors (Lipinski definition) is 2. The van der Waals surface area contributed by atoms with Crippen molar-refractivity contribution in [3.8, 4) is 11.5 Å². The molecule has 5 rings (SSSR count). The Hall–Kier alpha value is -4.92. The zero-order valence-corrected chi connectivity index (χ0v) is 22.0. The number of nitrogens with zero attached hydrogens (tertiary/aromatic N) is 3. The lowest BCUT2D eigenvalue weighted by Crippen LogP contribution is -2.36. The molecule has 0 fully saturated rings. The predicted molar refractivity (Wildman–Crippen MR) is 149 cm³/mol. The molecule has 0 unspecified atom stereocenters. The number of rotatable bonds is 8. The van der Waals surface area contributed by atoms with E-state index in [0.29, 0.717) is 35.8 Å². The number of amides is 1. The Labute approximate surface area is 224 Å². The summed E-state index contributed by atoms with van der Waals surface area (Å²) >= 11 is 0. The third-order valence-corrected chi connectivity index (χ3v) is 6.71. The summed E-state index contributed by atoms with van der Waals surface area (Å²) in [5.41, 5.74) is 3.41. The molecule has 9 nitrogen and oxygen atoms in total. The molecule has 0 radical (unpaired) electrons. The van der Waals surface area contributed by atoms with Crippen molar-refractivity contribution in [3.05, 3.63) is 111 Å². The number of nitrogens with one attached hydrogen (secondary N) is 2. The van der Waals surface area contributed by atoms with Gasteiger partial charge in [-0.3, -0.25) is 19.4 Å². The fourth-order valence-electron chi connectivity index (χ4n) is 4.64. The molecule has 39 heavy (non-hydrogen) atoms. The van der Waals surface area contributed by atoms with E-state index in [1.807, 2.05) is 61.5 Å². The first-order valence-electron chi connectivity index (χ1n) is 12.5. The van der Waals surface area contributed by atoms with Gasteiger partial charge in [0.05, 0.1) is 31.7 Å². The van der Waals surface area contributed by atoms with E-state index in [1.54, 1.807) is 31.0 Å². The molecule has 198 valence electrons. The minimum absolute atomic E-state index is 0.0141. The monoisotopic (exact) mass is 523 g/mol. The van der Waals surface area contributed by atoms with E-state index in [0.717, 1.165) is 16.7 Å². The minimum atomic E-state index is -0.432. The predicted octanol–water partition coefficient (Wildman–Crippen LogP) is 3.48. The number of ether oxygens (including phenoxy) is 2. The number of methoxy groups -OCH3 is 2. The third kappa shape index (κ3) is 4.98. The molecule has 0 saturated heterocycles. The van der Waals surface area contributed by atoms with Crippen molar-refractivity contribution in [2.24, 2.45) is 0 Å². The maximum Gasteiger partial charge on any atom is 0.267 e.